The van der Waals surface area contributed by atoms with Crippen LogP contribution in [0.5, 0.6) is 0 Å². The Morgan fingerprint density at radius 3 is 2.39 bits per heavy atom. The predicted octanol–water partition coefficient (Wildman–Crippen LogP) is 2.91. The number of nitrogens with one attached hydrogen (secondary N) is 1. The maximum atomic E-state index is 4.61. The van der Waals surface area contributed by atoms with Crippen molar-refractivity contribution in [1.82, 2.24) is 9.97 Å². The molecule has 1 aromatic rings. The van der Waals surface area contributed by atoms with E-state index < -0.39 is 0 Å². The van der Waals surface area contributed by atoms with E-state index in [1.165, 1.54) is 25.7 Å². The SMILES string of the molecule is CNc1ncc(Br)c(N(CC2CC2)CC2CC2)n1. The monoisotopic (exact) mass is 310 g/mol. The van der Waals surface area contributed by atoms with Gasteiger partial charge >= 0.3 is 0 Å². The number of nitrogens with zero attached hydrogens (tertiary/aromatic N) is 3. The van der Waals surface area contributed by atoms with Crippen LogP contribution in [0.15, 0.2) is 10.7 Å². The Kier molecular flexibility index (Phi) is 3.41. The highest BCUT2D eigenvalue weighted by Gasteiger charge is 2.30. The second-order valence-corrected chi connectivity index (χ2v) is 6.26. The van der Waals surface area contributed by atoms with Crippen LogP contribution < -0.4 is 10.2 Å². The Bertz CT molecular complexity index is 415. The molecule has 0 aromatic carbocycles. The summed E-state index contributed by atoms with van der Waals surface area (Å²) in [6, 6.07) is 0. The molecule has 0 saturated heterocycles. The van der Waals surface area contributed by atoms with Gasteiger partial charge in [0.05, 0.1) is 4.47 Å². The van der Waals surface area contributed by atoms with Crippen LogP contribution in [0, 0.1) is 11.8 Å². The van der Waals surface area contributed by atoms with Crippen LogP contribution in [0.25, 0.3) is 0 Å². The van der Waals surface area contributed by atoms with Crippen LogP contribution in [-0.2, 0) is 0 Å². The molecule has 3 rings (SSSR count). The van der Waals surface area contributed by atoms with Gasteiger partial charge in [0.2, 0.25) is 5.95 Å². The van der Waals surface area contributed by atoms with Crippen molar-refractivity contribution in [2.45, 2.75) is 25.7 Å². The fourth-order valence-electron chi connectivity index (χ4n) is 2.17. The van der Waals surface area contributed by atoms with Crippen LogP contribution in [0.2, 0.25) is 0 Å². The average Bonchev–Trinajstić information content (AvgIpc) is 3.24. The van der Waals surface area contributed by atoms with Gasteiger partial charge in [-0.05, 0) is 53.4 Å². The summed E-state index contributed by atoms with van der Waals surface area (Å²) < 4.78 is 1.00. The molecule has 18 heavy (non-hydrogen) atoms. The first-order valence-corrected chi connectivity index (χ1v) is 7.51. The van der Waals surface area contributed by atoms with Gasteiger partial charge in [-0.15, -0.1) is 0 Å². The third-order valence-corrected chi connectivity index (χ3v) is 4.16. The molecule has 4 nitrogen and oxygen atoms in total. The van der Waals surface area contributed by atoms with Crippen molar-refractivity contribution in [2.75, 3.05) is 30.4 Å². The molecule has 0 atom stereocenters. The summed E-state index contributed by atoms with van der Waals surface area (Å²) >= 11 is 3.59. The highest BCUT2D eigenvalue weighted by Crippen LogP contribution is 2.37. The highest BCUT2D eigenvalue weighted by molar-refractivity contribution is 9.10. The zero-order valence-corrected chi connectivity index (χ0v) is 12.3. The van der Waals surface area contributed by atoms with Gasteiger partial charge in [0.25, 0.3) is 0 Å². The Morgan fingerprint density at radius 2 is 1.89 bits per heavy atom. The van der Waals surface area contributed by atoms with Crippen molar-refractivity contribution in [3.05, 3.63) is 10.7 Å². The van der Waals surface area contributed by atoms with Crippen molar-refractivity contribution in [3.63, 3.8) is 0 Å². The molecule has 1 heterocycles. The molecule has 0 bridgehead atoms. The molecule has 98 valence electrons. The normalized spacial score (nSPS) is 18.8. The van der Waals surface area contributed by atoms with Crippen LogP contribution >= 0.6 is 15.9 Å². The Balaban J connectivity index is 1.81. The minimum Gasteiger partial charge on any atom is -0.357 e. The lowest BCUT2D eigenvalue weighted by atomic mass is 10.3. The second-order valence-electron chi connectivity index (χ2n) is 5.41. The molecular formula is C13H19BrN4. The van der Waals surface area contributed by atoms with E-state index >= 15 is 0 Å². The third kappa shape index (κ3) is 2.94. The van der Waals surface area contributed by atoms with Gasteiger partial charge in [-0.2, -0.15) is 4.98 Å². The first-order chi connectivity index (χ1) is 8.76. The molecule has 2 saturated carbocycles. The maximum absolute atomic E-state index is 4.61. The highest BCUT2D eigenvalue weighted by atomic mass is 79.9. The molecular weight excluding hydrogens is 292 g/mol. The van der Waals surface area contributed by atoms with E-state index in [-0.39, 0.29) is 0 Å². The van der Waals surface area contributed by atoms with Gasteiger partial charge in [-0.1, -0.05) is 0 Å². The van der Waals surface area contributed by atoms with Gasteiger partial charge in [0.1, 0.15) is 5.82 Å². The largest absolute Gasteiger partial charge is 0.357 e. The number of hydrogen-bond acceptors (Lipinski definition) is 4. The van der Waals surface area contributed by atoms with Crippen molar-refractivity contribution in [3.8, 4) is 0 Å². The van der Waals surface area contributed by atoms with Gasteiger partial charge in [-0.3, -0.25) is 0 Å². The maximum Gasteiger partial charge on any atom is 0.224 e. The molecule has 5 heteroatoms. The molecule has 2 aliphatic carbocycles. The van der Waals surface area contributed by atoms with E-state index in [4.69, 9.17) is 0 Å². The second kappa shape index (κ2) is 5.03. The molecule has 0 amide bonds. The molecule has 0 radical (unpaired) electrons. The summed E-state index contributed by atoms with van der Waals surface area (Å²) in [5.74, 6) is 3.50. The molecule has 0 unspecified atom stereocenters. The first kappa shape index (κ1) is 12.2. The zero-order chi connectivity index (χ0) is 12.5. The quantitative estimate of drug-likeness (QED) is 0.877. The fraction of sp³-hybridized carbons (Fsp3) is 0.692. The van der Waals surface area contributed by atoms with E-state index in [1.54, 1.807) is 0 Å². The van der Waals surface area contributed by atoms with Crippen LogP contribution in [0.1, 0.15) is 25.7 Å². The summed E-state index contributed by atoms with van der Waals surface area (Å²) in [6.45, 7) is 2.30. The summed E-state index contributed by atoms with van der Waals surface area (Å²) in [6.07, 6.45) is 7.36. The van der Waals surface area contributed by atoms with Gasteiger partial charge in [-0.25, -0.2) is 4.98 Å². The van der Waals surface area contributed by atoms with Crippen LogP contribution in [0.3, 0.4) is 0 Å². The minimum atomic E-state index is 0.699. The Morgan fingerprint density at radius 1 is 1.28 bits per heavy atom. The lowest BCUT2D eigenvalue weighted by molar-refractivity contribution is 0.669. The van der Waals surface area contributed by atoms with E-state index in [0.717, 1.165) is 35.2 Å². The van der Waals surface area contributed by atoms with E-state index in [9.17, 15) is 0 Å². The molecule has 2 aliphatic rings. The van der Waals surface area contributed by atoms with Gasteiger partial charge in [0.15, 0.2) is 0 Å². The average molecular weight is 311 g/mol. The lowest BCUT2D eigenvalue weighted by Crippen LogP contribution is -2.29. The number of aromatic nitrogens is 2. The Labute approximate surface area is 116 Å². The zero-order valence-electron chi connectivity index (χ0n) is 10.7. The summed E-state index contributed by atoms with van der Waals surface area (Å²) in [5, 5.41) is 3.02. The smallest absolute Gasteiger partial charge is 0.224 e. The van der Waals surface area contributed by atoms with Gasteiger partial charge in [0, 0.05) is 26.3 Å². The van der Waals surface area contributed by atoms with Crippen LogP contribution in [0.4, 0.5) is 11.8 Å². The minimum absolute atomic E-state index is 0.699. The van der Waals surface area contributed by atoms with Crippen LogP contribution in [-0.4, -0.2) is 30.1 Å². The molecule has 1 N–H and O–H groups in total. The number of hydrogen-bond donors (Lipinski definition) is 1. The summed E-state index contributed by atoms with van der Waals surface area (Å²) in [7, 11) is 1.86. The van der Waals surface area contributed by atoms with Crippen molar-refractivity contribution in [1.29, 1.82) is 0 Å². The number of anilines is 2. The molecule has 1 aromatic heterocycles. The number of halogens is 1. The standard InChI is InChI=1S/C13H19BrN4/c1-15-13-16-6-11(14)12(17-13)18(7-9-2-3-9)8-10-4-5-10/h6,9-10H,2-5,7-8H2,1H3,(H,15,16,17). The fourth-order valence-corrected chi connectivity index (χ4v) is 2.61. The third-order valence-electron chi connectivity index (χ3n) is 3.60. The number of rotatable bonds is 6. The van der Waals surface area contributed by atoms with Crippen molar-refractivity contribution >= 4 is 27.7 Å². The van der Waals surface area contributed by atoms with Crippen molar-refractivity contribution < 1.29 is 0 Å². The first-order valence-electron chi connectivity index (χ1n) is 6.71. The van der Waals surface area contributed by atoms with Gasteiger partial charge < -0.3 is 10.2 Å². The van der Waals surface area contributed by atoms with E-state index in [2.05, 4.69) is 36.1 Å². The summed E-state index contributed by atoms with van der Waals surface area (Å²) in [4.78, 5) is 11.3. The van der Waals surface area contributed by atoms with E-state index in [0.29, 0.717) is 5.95 Å². The summed E-state index contributed by atoms with van der Waals surface area (Å²) in [5.41, 5.74) is 0. The molecule has 0 aliphatic heterocycles. The predicted molar refractivity (Wildman–Crippen MR) is 76.9 cm³/mol. The van der Waals surface area contributed by atoms with Crippen molar-refractivity contribution in [2.24, 2.45) is 11.8 Å². The Hall–Kier alpha value is -0.840. The topological polar surface area (TPSA) is 41.1 Å². The van der Waals surface area contributed by atoms with E-state index in [1.807, 2.05) is 13.2 Å². The lowest BCUT2D eigenvalue weighted by Gasteiger charge is -2.25. The molecule has 2 fully saturated rings. The molecule has 0 spiro atoms.